The number of para-hydroxylation sites is 1. The molecule has 0 spiro atoms. The lowest BCUT2D eigenvalue weighted by Crippen LogP contribution is -2.14. The van der Waals surface area contributed by atoms with Crippen LogP contribution in [0.3, 0.4) is 0 Å². The molecule has 1 N–H and O–H groups in total. The Morgan fingerprint density at radius 3 is 2.56 bits per heavy atom. The van der Waals surface area contributed by atoms with Crippen LogP contribution in [0.15, 0.2) is 65.5 Å². The molecule has 0 aliphatic carbocycles. The fraction of sp³-hybridized carbons (Fsp3) is 0.0952. The number of H-pyrrole nitrogens is 1. The van der Waals surface area contributed by atoms with E-state index in [0.29, 0.717) is 11.1 Å². The Bertz CT molecular complexity index is 1060. The lowest BCUT2D eigenvalue weighted by molar-refractivity contribution is -0.138. The number of carbonyl (C=O) groups is 2. The van der Waals surface area contributed by atoms with E-state index in [1.807, 2.05) is 18.2 Å². The summed E-state index contributed by atoms with van der Waals surface area (Å²) in [5.74, 6) is -0.995. The van der Waals surface area contributed by atoms with Gasteiger partial charge in [0.2, 0.25) is 0 Å². The second kappa shape index (κ2) is 8.14. The average Bonchev–Trinajstić information content (AvgIpc) is 2.70. The third-order valence-electron chi connectivity index (χ3n) is 3.94. The van der Waals surface area contributed by atoms with Crippen LogP contribution in [0.4, 0.5) is 0 Å². The van der Waals surface area contributed by atoms with Gasteiger partial charge >= 0.3 is 11.9 Å². The largest absolute Gasteiger partial charge is 0.465 e. The average molecular weight is 363 g/mol. The van der Waals surface area contributed by atoms with E-state index in [4.69, 9.17) is 4.74 Å². The SMILES string of the molecule is COC(=O)c1ccc(/C=C/C(=O)OCc2cc3ccccc3[nH]c2=O)cc1. The number of rotatable bonds is 5. The number of aromatic amines is 1. The van der Waals surface area contributed by atoms with Gasteiger partial charge < -0.3 is 14.5 Å². The molecule has 0 aliphatic heterocycles. The van der Waals surface area contributed by atoms with Crippen molar-refractivity contribution in [1.29, 1.82) is 0 Å². The Morgan fingerprint density at radius 2 is 1.81 bits per heavy atom. The van der Waals surface area contributed by atoms with Crippen LogP contribution in [0, 0.1) is 0 Å². The van der Waals surface area contributed by atoms with Gasteiger partial charge in [0.25, 0.3) is 5.56 Å². The maximum absolute atomic E-state index is 12.0. The van der Waals surface area contributed by atoms with Crippen molar-refractivity contribution in [3.63, 3.8) is 0 Å². The molecule has 0 radical (unpaired) electrons. The summed E-state index contributed by atoms with van der Waals surface area (Å²) in [4.78, 5) is 38.1. The Kier molecular flexibility index (Phi) is 5.47. The van der Waals surface area contributed by atoms with Crippen molar-refractivity contribution in [2.75, 3.05) is 7.11 Å². The van der Waals surface area contributed by atoms with Crippen molar-refractivity contribution in [3.8, 4) is 0 Å². The minimum Gasteiger partial charge on any atom is -0.465 e. The molecule has 6 heteroatoms. The first-order valence-electron chi connectivity index (χ1n) is 8.21. The fourth-order valence-corrected chi connectivity index (χ4v) is 2.51. The molecule has 0 fully saturated rings. The van der Waals surface area contributed by atoms with Gasteiger partial charge in [-0.05, 0) is 41.3 Å². The van der Waals surface area contributed by atoms with Crippen molar-refractivity contribution < 1.29 is 19.1 Å². The Hall–Kier alpha value is -3.67. The van der Waals surface area contributed by atoms with Gasteiger partial charge in [-0.1, -0.05) is 30.3 Å². The van der Waals surface area contributed by atoms with E-state index in [9.17, 15) is 14.4 Å². The normalized spacial score (nSPS) is 10.9. The van der Waals surface area contributed by atoms with Crippen LogP contribution in [-0.4, -0.2) is 24.0 Å². The van der Waals surface area contributed by atoms with Crippen molar-refractivity contribution >= 4 is 28.9 Å². The summed E-state index contributed by atoms with van der Waals surface area (Å²) in [6.45, 7) is -0.120. The zero-order chi connectivity index (χ0) is 19.2. The number of hydrogen-bond donors (Lipinski definition) is 1. The number of methoxy groups -OCH3 is 1. The smallest absolute Gasteiger partial charge is 0.337 e. The molecule has 1 heterocycles. The molecule has 0 saturated heterocycles. The van der Waals surface area contributed by atoms with Gasteiger partial charge in [0, 0.05) is 11.6 Å². The van der Waals surface area contributed by atoms with Crippen LogP contribution < -0.4 is 5.56 Å². The zero-order valence-corrected chi connectivity index (χ0v) is 14.6. The topological polar surface area (TPSA) is 85.5 Å². The van der Waals surface area contributed by atoms with Gasteiger partial charge in [0.15, 0.2) is 0 Å². The van der Waals surface area contributed by atoms with E-state index < -0.39 is 11.9 Å². The molecule has 0 bridgehead atoms. The number of carbonyl (C=O) groups excluding carboxylic acids is 2. The highest BCUT2D eigenvalue weighted by atomic mass is 16.5. The number of pyridine rings is 1. The predicted molar refractivity (Wildman–Crippen MR) is 101 cm³/mol. The summed E-state index contributed by atoms with van der Waals surface area (Å²) in [5.41, 5.74) is 1.96. The Morgan fingerprint density at radius 1 is 1.07 bits per heavy atom. The highest BCUT2D eigenvalue weighted by Crippen LogP contribution is 2.11. The van der Waals surface area contributed by atoms with Gasteiger partial charge in [0.05, 0.1) is 18.2 Å². The van der Waals surface area contributed by atoms with Gasteiger partial charge in [-0.3, -0.25) is 4.79 Å². The first kappa shape index (κ1) is 18.1. The molecule has 2 aromatic carbocycles. The summed E-state index contributed by atoms with van der Waals surface area (Å²) in [5, 5.41) is 0.865. The summed E-state index contributed by atoms with van der Waals surface area (Å²) >= 11 is 0. The Balaban J connectivity index is 1.62. The molecule has 0 amide bonds. The number of nitrogens with one attached hydrogen (secondary N) is 1. The third-order valence-corrected chi connectivity index (χ3v) is 3.94. The van der Waals surface area contributed by atoms with Crippen LogP contribution in [0.25, 0.3) is 17.0 Å². The highest BCUT2D eigenvalue weighted by molar-refractivity contribution is 5.90. The van der Waals surface area contributed by atoms with Gasteiger partial charge in [-0.2, -0.15) is 0 Å². The van der Waals surface area contributed by atoms with Crippen LogP contribution in [0.5, 0.6) is 0 Å². The number of esters is 2. The van der Waals surface area contributed by atoms with Gasteiger partial charge in [0.1, 0.15) is 6.61 Å². The molecule has 3 rings (SSSR count). The lowest BCUT2D eigenvalue weighted by atomic mass is 10.1. The minimum absolute atomic E-state index is 0.120. The molecule has 0 unspecified atom stereocenters. The molecule has 0 saturated carbocycles. The molecule has 6 nitrogen and oxygen atoms in total. The number of benzene rings is 2. The number of aromatic nitrogens is 1. The molecule has 27 heavy (non-hydrogen) atoms. The first-order chi connectivity index (χ1) is 13.1. The quantitative estimate of drug-likeness (QED) is 0.556. The van der Waals surface area contributed by atoms with E-state index >= 15 is 0 Å². The first-order valence-corrected chi connectivity index (χ1v) is 8.21. The molecule has 136 valence electrons. The van der Waals surface area contributed by atoms with E-state index in [-0.39, 0.29) is 12.2 Å². The third kappa shape index (κ3) is 4.49. The highest BCUT2D eigenvalue weighted by Gasteiger charge is 2.06. The summed E-state index contributed by atoms with van der Waals surface area (Å²) in [6, 6.07) is 15.7. The van der Waals surface area contributed by atoms with Gasteiger partial charge in [-0.25, -0.2) is 9.59 Å². The standard InChI is InChI=1S/C21H17NO5/c1-26-21(25)15-9-6-14(7-10-15)8-11-19(23)27-13-17-12-16-4-2-3-5-18(16)22-20(17)24/h2-12H,13H2,1H3,(H,22,24)/b11-8+. The maximum atomic E-state index is 12.0. The molecule has 0 atom stereocenters. The van der Waals surface area contributed by atoms with Crippen molar-refractivity contribution in [3.05, 3.63) is 87.7 Å². The van der Waals surface area contributed by atoms with Gasteiger partial charge in [-0.15, -0.1) is 0 Å². The van der Waals surface area contributed by atoms with Crippen molar-refractivity contribution in [2.24, 2.45) is 0 Å². The molecule has 1 aromatic heterocycles. The Labute approximate surface area is 155 Å². The maximum Gasteiger partial charge on any atom is 0.337 e. The summed E-state index contributed by atoms with van der Waals surface area (Å²) < 4.78 is 9.76. The fourth-order valence-electron chi connectivity index (χ4n) is 2.51. The molecule has 0 aliphatic rings. The predicted octanol–water partition coefficient (Wildman–Crippen LogP) is 3.07. The van der Waals surface area contributed by atoms with Crippen LogP contribution in [0.1, 0.15) is 21.5 Å². The van der Waals surface area contributed by atoms with E-state index in [2.05, 4.69) is 9.72 Å². The van der Waals surface area contributed by atoms with E-state index in [0.717, 1.165) is 16.5 Å². The second-order valence-electron chi connectivity index (χ2n) is 5.77. The second-order valence-corrected chi connectivity index (χ2v) is 5.77. The lowest BCUT2D eigenvalue weighted by Gasteiger charge is -2.04. The van der Waals surface area contributed by atoms with Crippen molar-refractivity contribution in [2.45, 2.75) is 6.61 Å². The summed E-state index contributed by atoms with van der Waals surface area (Å²) in [6.07, 6.45) is 2.83. The van der Waals surface area contributed by atoms with Crippen LogP contribution in [-0.2, 0) is 20.9 Å². The molecular formula is C21H17NO5. The summed E-state index contributed by atoms with van der Waals surface area (Å²) in [7, 11) is 1.31. The van der Waals surface area contributed by atoms with Crippen molar-refractivity contribution in [1.82, 2.24) is 4.98 Å². The number of hydrogen-bond acceptors (Lipinski definition) is 5. The van der Waals surface area contributed by atoms with E-state index in [1.54, 1.807) is 42.5 Å². The number of ether oxygens (including phenoxy) is 2. The molecular weight excluding hydrogens is 346 g/mol. The minimum atomic E-state index is -0.570. The monoisotopic (exact) mass is 363 g/mol. The molecule has 3 aromatic rings. The zero-order valence-electron chi connectivity index (χ0n) is 14.6. The van der Waals surface area contributed by atoms with Crippen LogP contribution in [0.2, 0.25) is 0 Å². The number of fused-ring (bicyclic) bond motifs is 1. The van der Waals surface area contributed by atoms with E-state index in [1.165, 1.54) is 13.2 Å². The van der Waals surface area contributed by atoms with Crippen LogP contribution >= 0.6 is 0 Å².